The number of halogens is 1. The number of likely N-dealkylation sites (N-methyl/N-ethyl adjacent to an activating group) is 1. The van der Waals surface area contributed by atoms with Crippen molar-refractivity contribution in [1.29, 1.82) is 0 Å². The monoisotopic (exact) mass is 338 g/mol. The molecule has 1 aromatic carbocycles. The molecule has 1 atom stereocenters. The Kier molecular flexibility index (Phi) is 4.89. The number of hydrazine groups is 1. The molecule has 0 bridgehead atoms. The van der Waals surface area contributed by atoms with Crippen LogP contribution in [-0.2, 0) is 9.59 Å². The summed E-state index contributed by atoms with van der Waals surface area (Å²) in [6.45, 7) is 0. The van der Waals surface area contributed by atoms with Crippen molar-refractivity contribution in [1.82, 2.24) is 20.7 Å². The number of rotatable bonds is 4. The normalized spacial score (nSPS) is 17.4. The Morgan fingerprint density at radius 3 is 2.70 bits per heavy atom. The molecule has 0 aliphatic carbocycles. The van der Waals surface area contributed by atoms with Crippen LogP contribution in [0, 0.1) is 5.82 Å². The summed E-state index contributed by atoms with van der Waals surface area (Å²) < 4.78 is 13.2. The molecule has 0 saturated carbocycles. The Balaban J connectivity index is 2.20. The fourth-order valence-electron chi connectivity index (χ4n) is 2.11. The van der Waals surface area contributed by atoms with E-state index in [9.17, 15) is 18.8 Å². The molecule has 9 heteroatoms. The highest BCUT2D eigenvalue weighted by Crippen LogP contribution is 2.17. The fraction of sp³-hybridized carbons (Fsp3) is 0.286. The van der Waals surface area contributed by atoms with Gasteiger partial charge in [-0.15, -0.1) is 0 Å². The number of benzene rings is 1. The van der Waals surface area contributed by atoms with Gasteiger partial charge < -0.3 is 5.32 Å². The lowest BCUT2D eigenvalue weighted by Gasteiger charge is -2.23. The van der Waals surface area contributed by atoms with Crippen LogP contribution in [0.1, 0.15) is 16.8 Å². The fourth-order valence-corrected chi connectivity index (χ4v) is 2.37. The largest absolute Gasteiger partial charge is 0.359 e. The molecule has 7 nitrogen and oxygen atoms in total. The summed E-state index contributed by atoms with van der Waals surface area (Å²) in [4.78, 5) is 37.1. The van der Waals surface area contributed by atoms with Crippen LogP contribution in [0.25, 0.3) is 0 Å². The second kappa shape index (κ2) is 6.69. The van der Waals surface area contributed by atoms with Crippen molar-refractivity contribution in [3.05, 3.63) is 35.6 Å². The lowest BCUT2D eigenvalue weighted by molar-refractivity contribution is -0.131. The van der Waals surface area contributed by atoms with Crippen molar-refractivity contribution >= 4 is 35.1 Å². The zero-order chi connectivity index (χ0) is 17.1. The average molecular weight is 338 g/mol. The molecule has 0 radical (unpaired) electrons. The number of thiocarbonyl (C=S) groups is 1. The molecular formula is C14H15FN4O3S. The summed E-state index contributed by atoms with van der Waals surface area (Å²) in [5.41, 5.74) is 2.53. The predicted molar refractivity (Wildman–Crippen MR) is 83.5 cm³/mol. The number of carbonyl (C=O) groups is 3. The van der Waals surface area contributed by atoms with Gasteiger partial charge in [0.05, 0.1) is 6.42 Å². The van der Waals surface area contributed by atoms with Gasteiger partial charge in [-0.25, -0.2) is 9.40 Å². The molecule has 1 unspecified atom stereocenters. The maximum absolute atomic E-state index is 13.2. The van der Waals surface area contributed by atoms with Gasteiger partial charge in [0, 0.05) is 19.7 Å². The highest BCUT2D eigenvalue weighted by molar-refractivity contribution is 7.80. The first-order chi connectivity index (χ1) is 10.8. The Labute approximate surface area is 137 Å². The maximum atomic E-state index is 13.2. The van der Waals surface area contributed by atoms with E-state index in [1.807, 2.05) is 0 Å². The Hall–Kier alpha value is -2.55. The SMILES string of the molecule is CNC(=O)CC1C(=O)N(C)C(=S)N1NC(=O)c1cccc(F)c1. The van der Waals surface area contributed by atoms with Crippen LogP contribution in [0.5, 0.6) is 0 Å². The van der Waals surface area contributed by atoms with E-state index in [1.54, 1.807) is 0 Å². The number of amides is 3. The molecule has 23 heavy (non-hydrogen) atoms. The molecule has 1 aliphatic rings. The summed E-state index contributed by atoms with van der Waals surface area (Å²) in [6, 6.07) is 4.16. The van der Waals surface area contributed by atoms with Gasteiger partial charge in [-0.05, 0) is 30.4 Å². The van der Waals surface area contributed by atoms with Crippen molar-refractivity contribution in [3.63, 3.8) is 0 Å². The summed E-state index contributed by atoms with van der Waals surface area (Å²) >= 11 is 5.11. The molecule has 2 N–H and O–H groups in total. The van der Waals surface area contributed by atoms with E-state index in [2.05, 4.69) is 10.7 Å². The maximum Gasteiger partial charge on any atom is 0.269 e. The minimum absolute atomic E-state index is 0.0636. The van der Waals surface area contributed by atoms with Crippen LogP contribution in [0.2, 0.25) is 0 Å². The molecule has 122 valence electrons. The van der Waals surface area contributed by atoms with Gasteiger partial charge in [0.25, 0.3) is 11.8 Å². The molecule has 0 spiro atoms. The van der Waals surface area contributed by atoms with E-state index >= 15 is 0 Å². The lowest BCUT2D eigenvalue weighted by Crippen LogP contribution is -2.50. The van der Waals surface area contributed by atoms with E-state index < -0.39 is 23.7 Å². The molecule has 1 aliphatic heterocycles. The van der Waals surface area contributed by atoms with Gasteiger partial charge in [0.15, 0.2) is 5.11 Å². The van der Waals surface area contributed by atoms with Crippen LogP contribution >= 0.6 is 12.2 Å². The van der Waals surface area contributed by atoms with Crippen LogP contribution < -0.4 is 10.7 Å². The molecule has 1 saturated heterocycles. The Morgan fingerprint density at radius 2 is 2.09 bits per heavy atom. The Bertz CT molecular complexity index is 682. The summed E-state index contributed by atoms with van der Waals surface area (Å²) in [5, 5.41) is 3.63. The van der Waals surface area contributed by atoms with Crippen LogP contribution in [-0.4, -0.2) is 52.9 Å². The van der Waals surface area contributed by atoms with Crippen molar-refractivity contribution < 1.29 is 18.8 Å². The van der Waals surface area contributed by atoms with E-state index in [0.29, 0.717) is 0 Å². The molecule has 3 amide bonds. The minimum atomic E-state index is -0.940. The number of carbonyl (C=O) groups excluding carboxylic acids is 3. The van der Waals surface area contributed by atoms with Gasteiger partial charge in [-0.2, -0.15) is 0 Å². The van der Waals surface area contributed by atoms with Gasteiger partial charge in [-0.1, -0.05) is 6.07 Å². The standard InChI is InChI=1S/C14H15FN4O3S/c1-16-11(20)7-10-13(22)18(2)14(23)19(10)17-12(21)8-4-3-5-9(15)6-8/h3-6,10H,7H2,1-2H3,(H,16,20)(H,17,21). The third-order valence-corrected chi connectivity index (χ3v) is 3.86. The van der Waals surface area contributed by atoms with E-state index in [1.165, 1.54) is 37.2 Å². The van der Waals surface area contributed by atoms with Crippen molar-refractivity contribution in [2.45, 2.75) is 12.5 Å². The molecule has 1 fully saturated rings. The quantitative estimate of drug-likeness (QED) is 0.758. The molecule has 2 rings (SSSR count). The molecule has 0 aromatic heterocycles. The molecule has 1 heterocycles. The molecule has 1 aromatic rings. The van der Waals surface area contributed by atoms with Crippen LogP contribution in [0.15, 0.2) is 24.3 Å². The third-order valence-electron chi connectivity index (χ3n) is 3.39. The van der Waals surface area contributed by atoms with Gasteiger partial charge in [0.2, 0.25) is 5.91 Å². The second-order valence-corrected chi connectivity index (χ2v) is 5.26. The number of hydrogen-bond donors (Lipinski definition) is 2. The summed E-state index contributed by atoms with van der Waals surface area (Å²) in [7, 11) is 2.90. The number of nitrogens with zero attached hydrogens (tertiary/aromatic N) is 2. The second-order valence-electron chi connectivity index (χ2n) is 4.89. The zero-order valence-corrected chi connectivity index (χ0v) is 13.3. The van der Waals surface area contributed by atoms with Crippen LogP contribution in [0.3, 0.4) is 0 Å². The third kappa shape index (κ3) is 3.45. The van der Waals surface area contributed by atoms with E-state index in [4.69, 9.17) is 12.2 Å². The van der Waals surface area contributed by atoms with Gasteiger partial charge in [-0.3, -0.25) is 24.7 Å². The lowest BCUT2D eigenvalue weighted by atomic mass is 10.2. The minimum Gasteiger partial charge on any atom is -0.359 e. The predicted octanol–water partition coefficient (Wildman–Crippen LogP) is 0.0341. The van der Waals surface area contributed by atoms with Gasteiger partial charge >= 0.3 is 0 Å². The number of nitrogens with one attached hydrogen (secondary N) is 2. The highest BCUT2D eigenvalue weighted by atomic mass is 32.1. The number of hydrogen-bond acceptors (Lipinski definition) is 4. The first-order valence-electron chi connectivity index (χ1n) is 6.73. The summed E-state index contributed by atoms with van der Waals surface area (Å²) in [5.74, 6) is -1.96. The van der Waals surface area contributed by atoms with E-state index in [-0.39, 0.29) is 23.0 Å². The molecular weight excluding hydrogens is 323 g/mol. The highest BCUT2D eigenvalue weighted by Gasteiger charge is 2.42. The Morgan fingerprint density at radius 1 is 1.39 bits per heavy atom. The first-order valence-corrected chi connectivity index (χ1v) is 7.14. The van der Waals surface area contributed by atoms with Crippen molar-refractivity contribution in [2.24, 2.45) is 0 Å². The van der Waals surface area contributed by atoms with Crippen molar-refractivity contribution in [3.8, 4) is 0 Å². The van der Waals surface area contributed by atoms with Crippen molar-refractivity contribution in [2.75, 3.05) is 14.1 Å². The average Bonchev–Trinajstić information content (AvgIpc) is 2.72. The zero-order valence-electron chi connectivity index (χ0n) is 12.5. The van der Waals surface area contributed by atoms with E-state index in [0.717, 1.165) is 11.1 Å². The summed E-state index contributed by atoms with van der Waals surface area (Å²) in [6.07, 6.45) is -0.163. The van der Waals surface area contributed by atoms with Crippen LogP contribution in [0.4, 0.5) is 4.39 Å². The smallest absolute Gasteiger partial charge is 0.269 e. The van der Waals surface area contributed by atoms with Gasteiger partial charge in [0.1, 0.15) is 11.9 Å². The topological polar surface area (TPSA) is 81.8 Å². The first kappa shape index (κ1) is 16.8.